The van der Waals surface area contributed by atoms with Crippen molar-refractivity contribution >= 4 is 11.9 Å². The second-order valence-corrected chi connectivity index (χ2v) is 13.6. The van der Waals surface area contributed by atoms with E-state index in [0.717, 1.165) is 51.4 Å². The molecule has 0 aliphatic carbocycles. The predicted molar refractivity (Wildman–Crippen MR) is 187 cm³/mol. The maximum absolute atomic E-state index is 12.5. The van der Waals surface area contributed by atoms with E-state index in [2.05, 4.69) is 13.8 Å². The zero-order valence-electron chi connectivity index (χ0n) is 29.9. The minimum atomic E-state index is -0.109. The monoisotopic (exact) mass is 625 g/mol. The van der Waals surface area contributed by atoms with Crippen molar-refractivity contribution in [1.29, 1.82) is 0 Å². The summed E-state index contributed by atoms with van der Waals surface area (Å²) in [6, 6.07) is 0. The van der Waals surface area contributed by atoms with Gasteiger partial charge < -0.3 is 14.6 Å². The first-order chi connectivity index (χ1) is 21.6. The number of unbranched alkanes of at least 4 members (excludes halogenated alkanes) is 20. The van der Waals surface area contributed by atoms with Gasteiger partial charge in [0.25, 0.3) is 0 Å². The minimum Gasteiger partial charge on any atom is -0.469 e. The summed E-state index contributed by atoms with van der Waals surface area (Å²) >= 11 is 0. The van der Waals surface area contributed by atoms with Crippen molar-refractivity contribution in [3.63, 3.8) is 0 Å². The Kier molecular flexibility index (Phi) is 33.9. The molecule has 2 atom stereocenters. The molecule has 5 heteroatoms. The Balaban J connectivity index is 4.04. The van der Waals surface area contributed by atoms with E-state index in [1.165, 1.54) is 136 Å². The molecular weight excluding hydrogens is 548 g/mol. The molecule has 2 unspecified atom stereocenters. The second-order valence-electron chi connectivity index (χ2n) is 13.6. The normalized spacial score (nSPS) is 12.7. The largest absolute Gasteiger partial charge is 0.469 e. The summed E-state index contributed by atoms with van der Waals surface area (Å²) in [5.74, 6) is 0.820. The smallest absolute Gasteiger partial charge is 0.305 e. The van der Waals surface area contributed by atoms with Crippen LogP contribution in [0.1, 0.15) is 206 Å². The van der Waals surface area contributed by atoms with Gasteiger partial charge in [-0.1, -0.05) is 155 Å². The number of esters is 2. The summed E-state index contributed by atoms with van der Waals surface area (Å²) in [6.07, 6.45) is 35.3. The van der Waals surface area contributed by atoms with E-state index in [-0.39, 0.29) is 11.9 Å². The fraction of sp³-hybridized carbons (Fsp3) is 0.949. The highest BCUT2D eigenvalue weighted by molar-refractivity contribution is 5.69. The standard InChI is InChI=1S/C39H76O5/c1-4-6-8-10-12-16-22-28-36(34-40)29-23-18-14-21-27-33-39(42)44-35-37(30-24-17-13-11-9-7-5-2)31-25-19-15-20-26-32-38(41)43-3/h36-37,40H,4-35H2,1-3H3. The third-order valence-electron chi connectivity index (χ3n) is 9.38. The van der Waals surface area contributed by atoms with Crippen molar-refractivity contribution < 1.29 is 24.2 Å². The fourth-order valence-electron chi connectivity index (χ4n) is 6.27. The highest BCUT2D eigenvalue weighted by Crippen LogP contribution is 2.21. The van der Waals surface area contributed by atoms with E-state index in [9.17, 15) is 14.7 Å². The Morgan fingerprint density at radius 3 is 1.20 bits per heavy atom. The average Bonchev–Trinajstić information content (AvgIpc) is 3.03. The molecule has 0 bridgehead atoms. The number of aliphatic hydroxyl groups excluding tert-OH is 1. The molecule has 44 heavy (non-hydrogen) atoms. The van der Waals surface area contributed by atoms with E-state index >= 15 is 0 Å². The molecule has 0 saturated carbocycles. The van der Waals surface area contributed by atoms with Crippen LogP contribution in [0.15, 0.2) is 0 Å². The molecule has 0 amide bonds. The van der Waals surface area contributed by atoms with Crippen molar-refractivity contribution in [2.24, 2.45) is 11.8 Å². The Morgan fingerprint density at radius 2 is 0.818 bits per heavy atom. The Labute approximate surface area is 274 Å². The molecule has 0 aliphatic rings. The van der Waals surface area contributed by atoms with Crippen LogP contribution in [-0.4, -0.2) is 37.4 Å². The van der Waals surface area contributed by atoms with Crippen LogP contribution in [0.3, 0.4) is 0 Å². The van der Waals surface area contributed by atoms with Crippen molar-refractivity contribution in [3.8, 4) is 0 Å². The van der Waals surface area contributed by atoms with E-state index in [1.54, 1.807) is 0 Å². The number of hydrogen-bond acceptors (Lipinski definition) is 5. The number of rotatable bonds is 35. The minimum absolute atomic E-state index is 0.0209. The van der Waals surface area contributed by atoms with Gasteiger partial charge in [-0.25, -0.2) is 0 Å². The average molecular weight is 625 g/mol. The molecule has 0 saturated heterocycles. The van der Waals surface area contributed by atoms with Gasteiger partial charge >= 0.3 is 11.9 Å². The molecular formula is C39H76O5. The van der Waals surface area contributed by atoms with Crippen molar-refractivity contribution in [1.82, 2.24) is 0 Å². The topological polar surface area (TPSA) is 72.8 Å². The number of carbonyl (C=O) groups excluding carboxylic acids is 2. The molecule has 0 radical (unpaired) electrons. The van der Waals surface area contributed by atoms with Crippen LogP contribution in [-0.2, 0) is 19.1 Å². The Morgan fingerprint density at radius 1 is 0.477 bits per heavy atom. The highest BCUT2D eigenvalue weighted by atomic mass is 16.5. The summed E-state index contributed by atoms with van der Waals surface area (Å²) in [7, 11) is 1.45. The van der Waals surface area contributed by atoms with Crippen LogP contribution in [0.5, 0.6) is 0 Å². The predicted octanol–water partition coefficient (Wildman–Crippen LogP) is 11.7. The maximum atomic E-state index is 12.5. The third-order valence-corrected chi connectivity index (χ3v) is 9.38. The van der Waals surface area contributed by atoms with Crippen LogP contribution in [0.25, 0.3) is 0 Å². The zero-order chi connectivity index (χ0) is 32.4. The maximum Gasteiger partial charge on any atom is 0.305 e. The van der Waals surface area contributed by atoms with Gasteiger partial charge in [-0.05, 0) is 50.4 Å². The van der Waals surface area contributed by atoms with Gasteiger partial charge in [0.05, 0.1) is 13.7 Å². The lowest BCUT2D eigenvalue weighted by atomic mass is 9.94. The second kappa shape index (κ2) is 34.8. The van der Waals surface area contributed by atoms with E-state index in [4.69, 9.17) is 9.47 Å². The van der Waals surface area contributed by atoms with Crippen LogP contribution in [0.4, 0.5) is 0 Å². The number of ether oxygens (including phenoxy) is 2. The lowest BCUT2D eigenvalue weighted by molar-refractivity contribution is -0.145. The molecule has 0 aromatic carbocycles. The first-order valence-corrected chi connectivity index (χ1v) is 19.4. The number of hydrogen-bond donors (Lipinski definition) is 1. The first-order valence-electron chi connectivity index (χ1n) is 19.4. The van der Waals surface area contributed by atoms with Gasteiger partial charge in [0, 0.05) is 19.4 Å². The highest BCUT2D eigenvalue weighted by Gasteiger charge is 2.13. The molecule has 0 heterocycles. The molecule has 0 spiro atoms. The van der Waals surface area contributed by atoms with E-state index in [0.29, 0.717) is 37.9 Å². The first kappa shape index (κ1) is 42.9. The summed E-state index contributed by atoms with van der Waals surface area (Å²) < 4.78 is 10.5. The molecule has 1 N–H and O–H groups in total. The lowest BCUT2D eigenvalue weighted by Gasteiger charge is -2.17. The quantitative estimate of drug-likeness (QED) is 0.0561. The van der Waals surface area contributed by atoms with E-state index in [1.807, 2.05) is 0 Å². The number of carbonyl (C=O) groups is 2. The van der Waals surface area contributed by atoms with Crippen LogP contribution in [0.2, 0.25) is 0 Å². The van der Waals surface area contributed by atoms with Crippen LogP contribution in [0, 0.1) is 11.8 Å². The summed E-state index contributed by atoms with van der Waals surface area (Å²) in [5, 5.41) is 9.74. The Hall–Kier alpha value is -1.10. The zero-order valence-corrected chi connectivity index (χ0v) is 29.9. The molecule has 0 fully saturated rings. The molecule has 0 aromatic rings. The van der Waals surface area contributed by atoms with Gasteiger partial charge in [0.1, 0.15) is 0 Å². The fourth-order valence-corrected chi connectivity index (χ4v) is 6.27. The van der Waals surface area contributed by atoms with E-state index < -0.39 is 0 Å². The summed E-state index contributed by atoms with van der Waals surface area (Å²) in [4.78, 5) is 23.7. The summed E-state index contributed by atoms with van der Waals surface area (Å²) in [6.45, 7) is 5.44. The number of aliphatic hydroxyl groups is 1. The van der Waals surface area contributed by atoms with Gasteiger partial charge in [-0.15, -0.1) is 0 Å². The van der Waals surface area contributed by atoms with Crippen molar-refractivity contribution in [3.05, 3.63) is 0 Å². The van der Waals surface area contributed by atoms with Gasteiger partial charge in [-0.3, -0.25) is 9.59 Å². The lowest BCUT2D eigenvalue weighted by Crippen LogP contribution is -2.14. The van der Waals surface area contributed by atoms with Crippen molar-refractivity contribution in [2.45, 2.75) is 206 Å². The molecule has 0 rings (SSSR count). The molecule has 0 aliphatic heterocycles. The molecule has 0 aromatic heterocycles. The Bertz CT molecular complexity index is 607. The SMILES string of the molecule is CCCCCCCCCC(CO)CCCCCCCC(=O)OCC(CCCCCCCCC)CCCCCCCC(=O)OC. The van der Waals surface area contributed by atoms with Gasteiger partial charge in [-0.2, -0.15) is 0 Å². The summed E-state index contributed by atoms with van der Waals surface area (Å²) in [5.41, 5.74) is 0. The van der Waals surface area contributed by atoms with Crippen molar-refractivity contribution in [2.75, 3.05) is 20.3 Å². The van der Waals surface area contributed by atoms with Gasteiger partial charge in [0.15, 0.2) is 0 Å². The van der Waals surface area contributed by atoms with Crippen LogP contribution < -0.4 is 0 Å². The molecule has 5 nitrogen and oxygen atoms in total. The van der Waals surface area contributed by atoms with Crippen LogP contribution >= 0.6 is 0 Å². The number of methoxy groups -OCH3 is 1. The molecule has 262 valence electrons. The van der Waals surface area contributed by atoms with Gasteiger partial charge in [0.2, 0.25) is 0 Å². The third kappa shape index (κ3) is 30.9.